The van der Waals surface area contributed by atoms with Gasteiger partial charge >= 0.3 is 0 Å². The lowest BCUT2D eigenvalue weighted by molar-refractivity contribution is -0.140. The van der Waals surface area contributed by atoms with E-state index in [0.29, 0.717) is 11.6 Å². The van der Waals surface area contributed by atoms with Gasteiger partial charge < -0.3 is 10.2 Å². The third-order valence-corrected chi connectivity index (χ3v) is 7.53. The summed E-state index contributed by atoms with van der Waals surface area (Å²) in [5, 5.41) is 3.49. The van der Waals surface area contributed by atoms with Crippen molar-refractivity contribution in [3.8, 4) is 0 Å². The molecule has 0 aromatic heterocycles. The molecule has 7 nitrogen and oxygen atoms in total. The maximum atomic E-state index is 13.3. The second-order valence-corrected chi connectivity index (χ2v) is 11.6. The van der Waals surface area contributed by atoms with E-state index in [1.165, 1.54) is 12.1 Å². The lowest BCUT2D eigenvalue weighted by Crippen LogP contribution is -2.48. The molecular formula is C26H35Cl2N3O4S. The standard InChI is InChI=1S/C26H35Cl2N3O4S/c1-5-6-15-29-26(33)20(3)30(18-21-11-9-19(2)10-12-21)25(32)8-7-16-31(36(4,34)35)24-17-22(27)13-14-23(24)28/h9-14,17,20H,5-8,15-16,18H2,1-4H3,(H,29,33)/t20-/m1/s1. The third kappa shape index (κ3) is 8.98. The van der Waals surface area contributed by atoms with Crippen molar-refractivity contribution in [2.24, 2.45) is 0 Å². The van der Waals surface area contributed by atoms with E-state index in [1.807, 2.05) is 38.1 Å². The topological polar surface area (TPSA) is 86.8 Å². The molecule has 0 heterocycles. The fourth-order valence-corrected chi connectivity index (χ4v) is 5.07. The molecule has 0 radical (unpaired) electrons. The van der Waals surface area contributed by atoms with E-state index in [0.717, 1.165) is 34.5 Å². The Morgan fingerprint density at radius 2 is 1.72 bits per heavy atom. The van der Waals surface area contributed by atoms with Gasteiger partial charge in [0.05, 0.1) is 17.0 Å². The summed E-state index contributed by atoms with van der Waals surface area (Å²) >= 11 is 12.3. The van der Waals surface area contributed by atoms with Crippen LogP contribution in [0, 0.1) is 6.92 Å². The smallest absolute Gasteiger partial charge is 0.242 e. The van der Waals surface area contributed by atoms with Crippen LogP contribution < -0.4 is 9.62 Å². The zero-order valence-electron chi connectivity index (χ0n) is 21.3. The second kappa shape index (κ2) is 13.9. The molecule has 0 unspecified atom stereocenters. The molecule has 2 amide bonds. The summed E-state index contributed by atoms with van der Waals surface area (Å²) in [5.41, 5.74) is 2.27. The first-order valence-corrected chi connectivity index (χ1v) is 14.6. The van der Waals surface area contributed by atoms with Gasteiger partial charge in [-0.15, -0.1) is 0 Å². The number of nitrogens with zero attached hydrogens (tertiary/aromatic N) is 2. The Labute approximate surface area is 224 Å². The number of rotatable bonds is 13. The summed E-state index contributed by atoms with van der Waals surface area (Å²) in [5.74, 6) is -0.452. The zero-order valence-corrected chi connectivity index (χ0v) is 23.6. The van der Waals surface area contributed by atoms with Crippen LogP contribution in [0.5, 0.6) is 0 Å². The lowest BCUT2D eigenvalue weighted by atomic mass is 10.1. The van der Waals surface area contributed by atoms with Gasteiger partial charge in [0.15, 0.2) is 0 Å². The molecule has 0 bridgehead atoms. The highest BCUT2D eigenvalue weighted by Crippen LogP contribution is 2.31. The van der Waals surface area contributed by atoms with Crippen LogP contribution in [0.25, 0.3) is 0 Å². The van der Waals surface area contributed by atoms with Crippen molar-refractivity contribution in [1.29, 1.82) is 0 Å². The van der Waals surface area contributed by atoms with E-state index in [2.05, 4.69) is 5.32 Å². The van der Waals surface area contributed by atoms with Crippen LogP contribution >= 0.6 is 23.2 Å². The molecule has 0 aliphatic heterocycles. The molecule has 0 saturated heterocycles. The predicted octanol–water partition coefficient (Wildman–Crippen LogP) is 5.18. The van der Waals surface area contributed by atoms with E-state index in [-0.39, 0.29) is 48.5 Å². The van der Waals surface area contributed by atoms with Crippen LogP contribution in [0.4, 0.5) is 5.69 Å². The quantitative estimate of drug-likeness (QED) is 0.345. The summed E-state index contributed by atoms with van der Waals surface area (Å²) < 4.78 is 26.1. The summed E-state index contributed by atoms with van der Waals surface area (Å²) in [6.45, 7) is 6.60. The minimum atomic E-state index is -3.67. The van der Waals surface area contributed by atoms with Crippen molar-refractivity contribution < 1.29 is 18.0 Å². The van der Waals surface area contributed by atoms with Gasteiger partial charge in [0.25, 0.3) is 0 Å². The minimum absolute atomic E-state index is 0.0418. The van der Waals surface area contributed by atoms with Gasteiger partial charge in [-0.1, -0.05) is 66.4 Å². The third-order valence-electron chi connectivity index (χ3n) is 5.80. The van der Waals surface area contributed by atoms with E-state index in [9.17, 15) is 18.0 Å². The molecule has 2 aromatic rings. The summed E-state index contributed by atoms with van der Waals surface area (Å²) in [6, 6.07) is 11.7. The van der Waals surface area contributed by atoms with Gasteiger partial charge in [-0.3, -0.25) is 13.9 Å². The van der Waals surface area contributed by atoms with Crippen molar-refractivity contribution in [1.82, 2.24) is 10.2 Å². The van der Waals surface area contributed by atoms with Crippen molar-refractivity contribution in [2.75, 3.05) is 23.7 Å². The summed E-state index contributed by atoms with van der Waals surface area (Å²) in [6.07, 6.45) is 3.19. The number of aryl methyl sites for hydroxylation is 1. The van der Waals surface area contributed by atoms with Crippen molar-refractivity contribution >= 4 is 50.7 Å². The second-order valence-electron chi connectivity index (χ2n) is 8.86. The van der Waals surface area contributed by atoms with Crippen molar-refractivity contribution in [3.05, 3.63) is 63.6 Å². The first-order chi connectivity index (χ1) is 16.9. The van der Waals surface area contributed by atoms with Gasteiger partial charge in [0, 0.05) is 31.1 Å². The maximum Gasteiger partial charge on any atom is 0.242 e. The molecule has 1 N–H and O–H groups in total. The fraction of sp³-hybridized carbons (Fsp3) is 0.462. The normalized spacial score (nSPS) is 12.2. The minimum Gasteiger partial charge on any atom is -0.354 e. The Bertz CT molecular complexity index is 1140. The highest BCUT2D eigenvalue weighted by molar-refractivity contribution is 7.92. The average Bonchev–Trinajstić information content (AvgIpc) is 2.82. The predicted molar refractivity (Wildman–Crippen MR) is 147 cm³/mol. The SMILES string of the molecule is CCCCNC(=O)[C@@H](C)N(Cc1ccc(C)cc1)C(=O)CCCN(c1cc(Cl)ccc1Cl)S(C)(=O)=O. The molecule has 0 aliphatic carbocycles. The number of unbranched alkanes of at least 4 members (excludes halogenated alkanes) is 1. The van der Waals surface area contributed by atoms with E-state index in [4.69, 9.17) is 23.2 Å². The van der Waals surface area contributed by atoms with Crippen LogP contribution in [-0.2, 0) is 26.2 Å². The molecule has 0 spiro atoms. The van der Waals surface area contributed by atoms with Crippen molar-refractivity contribution in [3.63, 3.8) is 0 Å². The van der Waals surface area contributed by atoms with Gasteiger partial charge in [-0.25, -0.2) is 8.42 Å². The Kier molecular flexibility index (Phi) is 11.5. The molecule has 2 aromatic carbocycles. The number of hydrogen-bond donors (Lipinski definition) is 1. The number of halogens is 2. The number of anilines is 1. The molecule has 0 aliphatic rings. The number of carbonyl (C=O) groups excluding carboxylic acids is 2. The number of hydrogen-bond acceptors (Lipinski definition) is 4. The Hall–Kier alpha value is -2.29. The zero-order chi connectivity index (χ0) is 26.9. The van der Waals surface area contributed by atoms with Crippen LogP contribution in [0.3, 0.4) is 0 Å². The van der Waals surface area contributed by atoms with Crippen LogP contribution in [0.1, 0.15) is 50.7 Å². The number of sulfonamides is 1. The summed E-state index contributed by atoms with van der Waals surface area (Å²) in [4.78, 5) is 27.6. The number of carbonyl (C=O) groups is 2. The molecule has 36 heavy (non-hydrogen) atoms. The maximum absolute atomic E-state index is 13.3. The molecular weight excluding hydrogens is 521 g/mol. The number of amides is 2. The van der Waals surface area contributed by atoms with E-state index < -0.39 is 16.1 Å². The number of nitrogens with one attached hydrogen (secondary N) is 1. The van der Waals surface area contributed by atoms with Gasteiger partial charge in [-0.05, 0) is 50.5 Å². The molecule has 10 heteroatoms. The van der Waals surface area contributed by atoms with Crippen LogP contribution in [0.15, 0.2) is 42.5 Å². The molecule has 0 fully saturated rings. The van der Waals surface area contributed by atoms with Gasteiger partial charge in [-0.2, -0.15) is 0 Å². The van der Waals surface area contributed by atoms with Crippen molar-refractivity contribution in [2.45, 2.75) is 59.0 Å². The fourth-order valence-electron chi connectivity index (χ4n) is 3.67. The van der Waals surface area contributed by atoms with Gasteiger partial charge in [0.2, 0.25) is 21.8 Å². The molecule has 2 rings (SSSR count). The first kappa shape index (κ1) is 29.9. The first-order valence-electron chi connectivity index (χ1n) is 12.0. The van der Waals surface area contributed by atoms with Crippen LogP contribution in [-0.4, -0.2) is 50.5 Å². The Morgan fingerprint density at radius 1 is 1.06 bits per heavy atom. The molecule has 1 atom stereocenters. The van der Waals surface area contributed by atoms with E-state index in [1.54, 1.807) is 17.9 Å². The Morgan fingerprint density at radius 3 is 2.33 bits per heavy atom. The Balaban J connectivity index is 2.17. The molecule has 0 saturated carbocycles. The van der Waals surface area contributed by atoms with E-state index >= 15 is 0 Å². The number of benzene rings is 2. The summed E-state index contributed by atoms with van der Waals surface area (Å²) in [7, 11) is -3.67. The largest absolute Gasteiger partial charge is 0.354 e. The van der Waals surface area contributed by atoms with Crippen LogP contribution in [0.2, 0.25) is 10.0 Å². The highest BCUT2D eigenvalue weighted by atomic mass is 35.5. The highest BCUT2D eigenvalue weighted by Gasteiger charge is 2.27. The average molecular weight is 557 g/mol. The van der Waals surface area contributed by atoms with Gasteiger partial charge in [0.1, 0.15) is 6.04 Å². The monoisotopic (exact) mass is 555 g/mol. The lowest BCUT2D eigenvalue weighted by Gasteiger charge is -2.29. The molecule has 198 valence electrons.